The van der Waals surface area contributed by atoms with Gasteiger partial charge in [0.05, 0.1) is 0 Å². The average Bonchev–Trinajstić information content (AvgIpc) is 3.07. The maximum absolute atomic E-state index is 12.6. The van der Waals surface area contributed by atoms with Gasteiger partial charge in [0.25, 0.3) is 0 Å². The summed E-state index contributed by atoms with van der Waals surface area (Å²) in [5.74, 6) is -0.535. The smallest absolute Gasteiger partial charge is 0.344 e. The van der Waals surface area contributed by atoms with E-state index in [4.69, 9.17) is 9.26 Å². The minimum Gasteiger partial charge on any atom is -0.454 e. The zero-order valence-electron chi connectivity index (χ0n) is 16.5. The van der Waals surface area contributed by atoms with E-state index in [0.717, 1.165) is 11.1 Å². The largest absolute Gasteiger partial charge is 0.454 e. The molecule has 0 N–H and O–H groups in total. The van der Waals surface area contributed by atoms with Gasteiger partial charge < -0.3 is 9.26 Å². The lowest BCUT2D eigenvalue weighted by Gasteiger charge is -2.18. The predicted molar refractivity (Wildman–Crippen MR) is 106 cm³/mol. The highest BCUT2D eigenvalue weighted by Gasteiger charge is 2.24. The number of carbonyl (C=O) groups is 2. The molecule has 28 heavy (non-hydrogen) atoms. The fourth-order valence-electron chi connectivity index (χ4n) is 2.85. The SMILES string of the molecule is Cc1onc(-c2ccccc2)c1C(=O)OCC(=O)c1ccc(C(C)(C)C)cc1. The molecule has 1 heterocycles. The van der Waals surface area contributed by atoms with Gasteiger partial charge in [-0.3, -0.25) is 4.79 Å². The summed E-state index contributed by atoms with van der Waals surface area (Å²) in [4.78, 5) is 25.0. The van der Waals surface area contributed by atoms with E-state index in [1.54, 1.807) is 19.1 Å². The van der Waals surface area contributed by atoms with Crippen LogP contribution in [0.15, 0.2) is 59.1 Å². The summed E-state index contributed by atoms with van der Waals surface area (Å²) in [5, 5.41) is 3.96. The molecule has 0 amide bonds. The summed E-state index contributed by atoms with van der Waals surface area (Å²) in [6.07, 6.45) is 0. The van der Waals surface area contributed by atoms with Gasteiger partial charge in [0.2, 0.25) is 0 Å². The molecule has 0 aliphatic carbocycles. The van der Waals surface area contributed by atoms with E-state index in [-0.39, 0.29) is 23.4 Å². The Balaban J connectivity index is 1.71. The van der Waals surface area contributed by atoms with Crippen LogP contribution in [-0.4, -0.2) is 23.5 Å². The molecule has 0 bridgehead atoms. The van der Waals surface area contributed by atoms with Crippen molar-refractivity contribution < 1.29 is 18.8 Å². The van der Waals surface area contributed by atoms with Gasteiger partial charge in [-0.15, -0.1) is 0 Å². The lowest BCUT2D eigenvalue weighted by atomic mass is 9.86. The summed E-state index contributed by atoms with van der Waals surface area (Å²) in [7, 11) is 0. The first-order chi connectivity index (χ1) is 13.3. The molecule has 5 heteroatoms. The standard InChI is InChI=1S/C23H23NO4/c1-15-20(21(24-28-15)17-8-6-5-7-9-17)22(26)27-14-19(25)16-10-12-18(13-11-16)23(2,3)4/h5-13H,14H2,1-4H3. The maximum Gasteiger partial charge on any atom is 0.344 e. The van der Waals surface area contributed by atoms with Crippen LogP contribution in [0.2, 0.25) is 0 Å². The van der Waals surface area contributed by atoms with Crippen LogP contribution in [0.1, 0.15) is 52.8 Å². The third-order valence-electron chi connectivity index (χ3n) is 4.52. The number of hydrogen-bond donors (Lipinski definition) is 0. The van der Waals surface area contributed by atoms with Crippen LogP contribution in [0.25, 0.3) is 11.3 Å². The van der Waals surface area contributed by atoms with Crippen LogP contribution in [-0.2, 0) is 10.2 Å². The molecule has 0 aliphatic rings. The molecule has 3 rings (SSSR count). The summed E-state index contributed by atoms with van der Waals surface area (Å²) in [6.45, 7) is 7.63. The van der Waals surface area contributed by atoms with Gasteiger partial charge in [-0.05, 0) is 17.9 Å². The second kappa shape index (κ2) is 7.80. The minimum absolute atomic E-state index is 0.00763. The summed E-state index contributed by atoms with van der Waals surface area (Å²) < 4.78 is 10.4. The van der Waals surface area contributed by atoms with Crippen LogP contribution in [0.4, 0.5) is 0 Å². The van der Waals surface area contributed by atoms with Crippen molar-refractivity contribution in [2.45, 2.75) is 33.1 Å². The number of hydrogen-bond acceptors (Lipinski definition) is 5. The Kier molecular flexibility index (Phi) is 5.45. The molecule has 0 unspecified atom stereocenters. The summed E-state index contributed by atoms with van der Waals surface area (Å²) in [6, 6.07) is 16.6. The zero-order valence-corrected chi connectivity index (χ0v) is 16.5. The highest BCUT2D eigenvalue weighted by Crippen LogP contribution is 2.26. The Hall–Kier alpha value is -3.21. The number of ether oxygens (including phenoxy) is 1. The third-order valence-corrected chi connectivity index (χ3v) is 4.52. The Labute approximate surface area is 164 Å². The number of aryl methyl sites for hydroxylation is 1. The van der Waals surface area contributed by atoms with Gasteiger partial charge in [-0.25, -0.2) is 4.79 Å². The summed E-state index contributed by atoms with van der Waals surface area (Å²) >= 11 is 0. The van der Waals surface area contributed by atoms with Gasteiger partial charge in [-0.1, -0.05) is 80.5 Å². The quantitative estimate of drug-likeness (QED) is 0.463. The average molecular weight is 377 g/mol. The second-order valence-electron chi connectivity index (χ2n) is 7.66. The topological polar surface area (TPSA) is 69.4 Å². The zero-order chi connectivity index (χ0) is 20.3. The van der Waals surface area contributed by atoms with Crippen molar-refractivity contribution >= 4 is 11.8 Å². The Morgan fingerprint density at radius 1 is 1.00 bits per heavy atom. The van der Waals surface area contributed by atoms with Crippen molar-refractivity contribution in [3.8, 4) is 11.3 Å². The Bertz CT molecular complexity index is 980. The normalized spacial score (nSPS) is 11.3. The number of esters is 1. The van der Waals surface area contributed by atoms with Crippen molar-refractivity contribution in [2.24, 2.45) is 0 Å². The molecule has 0 spiro atoms. The minimum atomic E-state index is -0.628. The first-order valence-corrected chi connectivity index (χ1v) is 9.10. The van der Waals surface area contributed by atoms with Crippen LogP contribution in [0, 0.1) is 6.92 Å². The first kappa shape index (κ1) is 19.5. The molecule has 3 aromatic rings. The molecular formula is C23H23NO4. The predicted octanol–water partition coefficient (Wildman–Crippen LogP) is 4.99. The number of rotatable bonds is 5. The van der Waals surface area contributed by atoms with E-state index in [1.807, 2.05) is 42.5 Å². The lowest BCUT2D eigenvalue weighted by molar-refractivity contribution is 0.0473. The highest BCUT2D eigenvalue weighted by atomic mass is 16.5. The van der Waals surface area contributed by atoms with Crippen molar-refractivity contribution in [3.63, 3.8) is 0 Å². The van der Waals surface area contributed by atoms with Crippen LogP contribution in [0.3, 0.4) is 0 Å². The van der Waals surface area contributed by atoms with Crippen molar-refractivity contribution in [1.29, 1.82) is 0 Å². The third kappa shape index (κ3) is 4.19. The van der Waals surface area contributed by atoms with Gasteiger partial charge in [-0.2, -0.15) is 0 Å². The number of ketones is 1. The molecule has 0 aliphatic heterocycles. The van der Waals surface area contributed by atoms with Crippen LogP contribution in [0.5, 0.6) is 0 Å². The molecule has 144 valence electrons. The highest BCUT2D eigenvalue weighted by molar-refractivity contribution is 6.01. The summed E-state index contributed by atoms with van der Waals surface area (Å²) in [5.41, 5.74) is 3.04. The van der Waals surface area contributed by atoms with E-state index in [1.165, 1.54) is 0 Å². The number of carbonyl (C=O) groups excluding carboxylic acids is 2. The Morgan fingerprint density at radius 2 is 1.64 bits per heavy atom. The molecule has 0 fully saturated rings. The molecule has 0 radical (unpaired) electrons. The van der Waals surface area contributed by atoms with E-state index >= 15 is 0 Å². The number of benzene rings is 2. The van der Waals surface area contributed by atoms with Crippen LogP contribution >= 0.6 is 0 Å². The van der Waals surface area contributed by atoms with E-state index in [0.29, 0.717) is 17.0 Å². The van der Waals surface area contributed by atoms with Gasteiger partial charge >= 0.3 is 5.97 Å². The second-order valence-corrected chi connectivity index (χ2v) is 7.66. The number of Topliss-reactive ketones (excluding diaryl/α,β-unsaturated/α-hetero) is 1. The van der Waals surface area contributed by atoms with E-state index in [9.17, 15) is 9.59 Å². The van der Waals surface area contributed by atoms with Crippen molar-refractivity contribution in [1.82, 2.24) is 5.16 Å². The van der Waals surface area contributed by atoms with Gasteiger partial charge in [0.15, 0.2) is 12.4 Å². The van der Waals surface area contributed by atoms with Gasteiger partial charge in [0, 0.05) is 11.1 Å². The Morgan fingerprint density at radius 3 is 2.25 bits per heavy atom. The first-order valence-electron chi connectivity index (χ1n) is 9.10. The molecule has 1 aromatic heterocycles. The van der Waals surface area contributed by atoms with Gasteiger partial charge in [0.1, 0.15) is 17.0 Å². The van der Waals surface area contributed by atoms with Crippen LogP contribution < -0.4 is 0 Å². The fraction of sp³-hybridized carbons (Fsp3) is 0.261. The molecule has 0 saturated carbocycles. The molecule has 5 nitrogen and oxygen atoms in total. The molecular weight excluding hydrogens is 354 g/mol. The maximum atomic E-state index is 12.6. The van der Waals surface area contributed by atoms with Crippen molar-refractivity contribution in [3.05, 3.63) is 77.0 Å². The molecule has 2 aromatic carbocycles. The lowest BCUT2D eigenvalue weighted by Crippen LogP contribution is -2.16. The molecule has 0 atom stereocenters. The number of aromatic nitrogens is 1. The van der Waals surface area contributed by atoms with Crippen molar-refractivity contribution in [2.75, 3.05) is 6.61 Å². The van der Waals surface area contributed by atoms with E-state index in [2.05, 4.69) is 25.9 Å². The monoisotopic (exact) mass is 377 g/mol. The molecule has 0 saturated heterocycles. The fourth-order valence-corrected chi connectivity index (χ4v) is 2.85. The number of nitrogens with zero attached hydrogens (tertiary/aromatic N) is 1. The van der Waals surface area contributed by atoms with E-state index < -0.39 is 5.97 Å².